The zero-order valence-corrected chi connectivity index (χ0v) is 13.0. The Morgan fingerprint density at radius 2 is 2.00 bits per heavy atom. The van der Waals surface area contributed by atoms with Gasteiger partial charge in [0, 0.05) is 37.3 Å². The summed E-state index contributed by atoms with van der Waals surface area (Å²) in [5.74, 6) is 1.50. The van der Waals surface area contributed by atoms with Crippen LogP contribution in [0.25, 0.3) is 0 Å². The van der Waals surface area contributed by atoms with E-state index < -0.39 is 0 Å². The number of nitrogens with one attached hydrogen (secondary N) is 1. The topological polar surface area (TPSA) is 24.5 Å². The Labute approximate surface area is 127 Å². The standard InChI is InChI=1S/C18H26N2O/c1-2-21-12-17-16-11-19-13-18(16,17)14-5-7-15(8-6-14)20-9-3-4-10-20/h5-8,16-17,19H,2-4,9-13H2,1H3. The third-order valence-corrected chi connectivity index (χ3v) is 5.86. The molecule has 2 aliphatic heterocycles. The van der Waals surface area contributed by atoms with Gasteiger partial charge < -0.3 is 15.0 Å². The summed E-state index contributed by atoms with van der Waals surface area (Å²) < 4.78 is 5.71. The Balaban J connectivity index is 1.52. The van der Waals surface area contributed by atoms with Gasteiger partial charge in [0.05, 0.1) is 6.61 Å². The number of anilines is 1. The number of rotatable bonds is 5. The highest BCUT2D eigenvalue weighted by Gasteiger charge is 2.67. The lowest BCUT2D eigenvalue weighted by molar-refractivity contribution is 0.126. The largest absolute Gasteiger partial charge is 0.381 e. The van der Waals surface area contributed by atoms with E-state index in [0.29, 0.717) is 5.41 Å². The Kier molecular flexibility index (Phi) is 3.43. The van der Waals surface area contributed by atoms with Crippen LogP contribution in [0.1, 0.15) is 25.3 Å². The number of ether oxygens (including phenoxy) is 1. The molecule has 3 atom stereocenters. The van der Waals surface area contributed by atoms with Gasteiger partial charge in [0.25, 0.3) is 0 Å². The second-order valence-electron chi connectivity index (χ2n) is 6.78. The van der Waals surface area contributed by atoms with E-state index in [9.17, 15) is 0 Å². The molecule has 0 radical (unpaired) electrons. The molecule has 2 heterocycles. The molecule has 21 heavy (non-hydrogen) atoms. The minimum absolute atomic E-state index is 0.360. The zero-order chi connectivity index (χ0) is 14.3. The summed E-state index contributed by atoms with van der Waals surface area (Å²) >= 11 is 0. The van der Waals surface area contributed by atoms with Crippen molar-refractivity contribution in [3.63, 3.8) is 0 Å². The summed E-state index contributed by atoms with van der Waals surface area (Å²) in [6.07, 6.45) is 2.68. The molecule has 1 saturated carbocycles. The van der Waals surface area contributed by atoms with Crippen molar-refractivity contribution in [2.24, 2.45) is 11.8 Å². The molecule has 3 nitrogen and oxygen atoms in total. The van der Waals surface area contributed by atoms with Crippen molar-refractivity contribution >= 4 is 5.69 Å². The van der Waals surface area contributed by atoms with Crippen LogP contribution in [0.3, 0.4) is 0 Å². The van der Waals surface area contributed by atoms with Crippen LogP contribution in [0.5, 0.6) is 0 Å². The fourth-order valence-corrected chi connectivity index (χ4v) is 4.62. The Morgan fingerprint density at radius 1 is 1.24 bits per heavy atom. The molecule has 0 aromatic heterocycles. The molecule has 0 bridgehead atoms. The maximum Gasteiger partial charge on any atom is 0.0506 e. The number of hydrogen-bond donors (Lipinski definition) is 1. The highest BCUT2D eigenvalue weighted by molar-refractivity contribution is 5.51. The van der Waals surface area contributed by atoms with Crippen LogP contribution in [-0.4, -0.2) is 39.4 Å². The van der Waals surface area contributed by atoms with Crippen LogP contribution < -0.4 is 10.2 Å². The van der Waals surface area contributed by atoms with Gasteiger partial charge in [-0.25, -0.2) is 0 Å². The lowest BCUT2D eigenvalue weighted by Gasteiger charge is -2.20. The summed E-state index contributed by atoms with van der Waals surface area (Å²) in [4.78, 5) is 2.51. The molecule has 0 amide bonds. The van der Waals surface area contributed by atoms with Gasteiger partial charge in [-0.1, -0.05) is 12.1 Å². The van der Waals surface area contributed by atoms with Crippen LogP contribution in [0, 0.1) is 11.8 Å². The summed E-state index contributed by atoms with van der Waals surface area (Å²) in [6.45, 7) is 8.58. The average molecular weight is 286 g/mol. The van der Waals surface area contributed by atoms with Crippen LogP contribution in [-0.2, 0) is 10.2 Å². The fourth-order valence-electron chi connectivity index (χ4n) is 4.62. The predicted octanol–water partition coefficient (Wildman–Crippen LogP) is 2.41. The fraction of sp³-hybridized carbons (Fsp3) is 0.667. The average Bonchev–Trinajstić information content (AvgIpc) is 2.98. The van der Waals surface area contributed by atoms with Crippen LogP contribution >= 0.6 is 0 Å². The van der Waals surface area contributed by atoms with Gasteiger partial charge >= 0.3 is 0 Å². The minimum atomic E-state index is 0.360. The molecule has 3 unspecified atom stereocenters. The van der Waals surface area contributed by atoms with Gasteiger partial charge in [0.1, 0.15) is 0 Å². The number of piperidine rings is 1. The first-order chi connectivity index (χ1) is 10.4. The lowest BCUT2D eigenvalue weighted by Crippen LogP contribution is -2.25. The maximum absolute atomic E-state index is 5.71. The van der Waals surface area contributed by atoms with Crippen LogP contribution in [0.4, 0.5) is 5.69 Å². The van der Waals surface area contributed by atoms with E-state index in [0.717, 1.165) is 38.1 Å². The Morgan fingerprint density at radius 3 is 2.71 bits per heavy atom. The highest BCUT2D eigenvalue weighted by atomic mass is 16.5. The summed E-state index contributed by atoms with van der Waals surface area (Å²) in [5, 5.41) is 3.57. The van der Waals surface area contributed by atoms with Gasteiger partial charge in [0.2, 0.25) is 0 Å². The molecule has 2 saturated heterocycles. The molecule has 1 aliphatic carbocycles. The molecule has 114 valence electrons. The zero-order valence-electron chi connectivity index (χ0n) is 13.0. The minimum Gasteiger partial charge on any atom is -0.381 e. The van der Waals surface area contributed by atoms with Gasteiger partial charge in [-0.2, -0.15) is 0 Å². The Hall–Kier alpha value is -1.06. The van der Waals surface area contributed by atoms with E-state index in [2.05, 4.69) is 41.4 Å². The third kappa shape index (κ3) is 2.09. The summed E-state index contributed by atoms with van der Waals surface area (Å²) in [6, 6.07) is 9.42. The molecular weight excluding hydrogens is 260 g/mol. The molecule has 1 aromatic carbocycles. The van der Waals surface area contributed by atoms with E-state index in [1.54, 1.807) is 0 Å². The van der Waals surface area contributed by atoms with E-state index in [4.69, 9.17) is 4.74 Å². The highest BCUT2D eigenvalue weighted by Crippen LogP contribution is 2.62. The summed E-state index contributed by atoms with van der Waals surface area (Å²) in [5.41, 5.74) is 3.28. The normalized spacial score (nSPS) is 34.2. The molecule has 3 aliphatic rings. The molecule has 4 rings (SSSR count). The lowest BCUT2D eigenvalue weighted by atomic mass is 9.92. The van der Waals surface area contributed by atoms with Crippen molar-refractivity contribution in [2.45, 2.75) is 25.2 Å². The van der Waals surface area contributed by atoms with Crippen LogP contribution in [0.15, 0.2) is 24.3 Å². The second kappa shape index (κ2) is 5.29. The molecule has 1 N–H and O–H groups in total. The monoisotopic (exact) mass is 286 g/mol. The molecular formula is C18H26N2O. The molecule has 0 spiro atoms. The maximum atomic E-state index is 5.71. The third-order valence-electron chi connectivity index (χ3n) is 5.86. The van der Waals surface area contributed by atoms with Crippen molar-refractivity contribution in [1.29, 1.82) is 0 Å². The van der Waals surface area contributed by atoms with Crippen LogP contribution in [0.2, 0.25) is 0 Å². The van der Waals surface area contributed by atoms with Crippen molar-refractivity contribution in [3.8, 4) is 0 Å². The Bertz CT molecular complexity index is 494. The first kappa shape index (κ1) is 13.6. The summed E-state index contributed by atoms with van der Waals surface area (Å²) in [7, 11) is 0. The number of nitrogens with zero attached hydrogens (tertiary/aromatic N) is 1. The number of hydrogen-bond acceptors (Lipinski definition) is 3. The van der Waals surface area contributed by atoms with E-state index >= 15 is 0 Å². The van der Waals surface area contributed by atoms with Gasteiger partial charge in [0.15, 0.2) is 0 Å². The quantitative estimate of drug-likeness (QED) is 0.899. The van der Waals surface area contributed by atoms with Crippen molar-refractivity contribution < 1.29 is 4.74 Å². The first-order valence-corrected chi connectivity index (χ1v) is 8.50. The molecule has 1 aromatic rings. The van der Waals surface area contributed by atoms with E-state index in [1.165, 1.54) is 37.2 Å². The van der Waals surface area contributed by atoms with Gasteiger partial charge in [-0.15, -0.1) is 0 Å². The first-order valence-electron chi connectivity index (χ1n) is 8.50. The smallest absolute Gasteiger partial charge is 0.0506 e. The van der Waals surface area contributed by atoms with E-state index in [1.807, 2.05) is 0 Å². The number of fused-ring (bicyclic) bond motifs is 1. The SMILES string of the molecule is CCOCC1C2CNCC21c1ccc(N2CCCC2)cc1. The van der Waals surface area contributed by atoms with Gasteiger partial charge in [-0.05, 0) is 55.8 Å². The number of benzene rings is 1. The molecule has 3 fully saturated rings. The molecule has 3 heteroatoms. The van der Waals surface area contributed by atoms with Crippen molar-refractivity contribution in [3.05, 3.63) is 29.8 Å². The van der Waals surface area contributed by atoms with Crippen molar-refractivity contribution in [1.82, 2.24) is 5.32 Å². The van der Waals surface area contributed by atoms with Gasteiger partial charge in [-0.3, -0.25) is 0 Å². The van der Waals surface area contributed by atoms with E-state index in [-0.39, 0.29) is 0 Å². The predicted molar refractivity (Wildman–Crippen MR) is 85.9 cm³/mol. The van der Waals surface area contributed by atoms with Crippen molar-refractivity contribution in [2.75, 3.05) is 44.3 Å². The second-order valence-corrected chi connectivity index (χ2v) is 6.78.